The SMILES string of the molecule is Clc1ccc(-c2ccccc2)c(NCCn2cncn2)n1. The zero-order valence-corrected chi connectivity index (χ0v) is 12.0. The molecule has 0 amide bonds. The van der Waals surface area contributed by atoms with Crippen LogP contribution in [0, 0.1) is 0 Å². The van der Waals surface area contributed by atoms with Gasteiger partial charge in [0.1, 0.15) is 23.6 Å². The third-order valence-corrected chi connectivity index (χ3v) is 3.26. The van der Waals surface area contributed by atoms with Crippen LogP contribution in [0.5, 0.6) is 0 Å². The molecule has 0 aliphatic carbocycles. The molecule has 0 saturated carbocycles. The Balaban J connectivity index is 1.78. The summed E-state index contributed by atoms with van der Waals surface area (Å²) >= 11 is 6.00. The number of halogens is 1. The van der Waals surface area contributed by atoms with Gasteiger partial charge in [0.15, 0.2) is 0 Å². The molecule has 6 heteroatoms. The summed E-state index contributed by atoms with van der Waals surface area (Å²) < 4.78 is 1.76. The van der Waals surface area contributed by atoms with E-state index in [1.807, 2.05) is 36.4 Å². The van der Waals surface area contributed by atoms with E-state index in [0.717, 1.165) is 16.9 Å². The van der Waals surface area contributed by atoms with Crippen molar-refractivity contribution in [2.24, 2.45) is 0 Å². The fraction of sp³-hybridized carbons (Fsp3) is 0.133. The third kappa shape index (κ3) is 3.38. The van der Waals surface area contributed by atoms with Crippen LogP contribution < -0.4 is 5.32 Å². The van der Waals surface area contributed by atoms with Crippen LogP contribution in [-0.2, 0) is 6.54 Å². The number of pyridine rings is 1. The molecule has 0 saturated heterocycles. The van der Waals surface area contributed by atoms with E-state index in [-0.39, 0.29) is 0 Å². The molecule has 0 bridgehead atoms. The summed E-state index contributed by atoms with van der Waals surface area (Å²) in [6.07, 6.45) is 3.21. The third-order valence-electron chi connectivity index (χ3n) is 3.05. The summed E-state index contributed by atoms with van der Waals surface area (Å²) in [6.45, 7) is 1.40. The Morgan fingerprint density at radius 2 is 1.95 bits per heavy atom. The summed E-state index contributed by atoms with van der Waals surface area (Å²) in [5.41, 5.74) is 2.13. The maximum atomic E-state index is 6.00. The molecule has 5 nitrogen and oxygen atoms in total. The maximum absolute atomic E-state index is 6.00. The lowest BCUT2D eigenvalue weighted by Crippen LogP contribution is -2.12. The van der Waals surface area contributed by atoms with Gasteiger partial charge in [0, 0.05) is 12.1 Å². The predicted molar refractivity (Wildman–Crippen MR) is 83.2 cm³/mol. The molecule has 1 aromatic carbocycles. The van der Waals surface area contributed by atoms with Crippen molar-refractivity contribution in [3.8, 4) is 11.1 Å². The Labute approximate surface area is 127 Å². The number of hydrogen-bond acceptors (Lipinski definition) is 4. The van der Waals surface area contributed by atoms with Crippen LogP contribution in [0.1, 0.15) is 0 Å². The van der Waals surface area contributed by atoms with Crippen molar-refractivity contribution in [2.75, 3.05) is 11.9 Å². The highest BCUT2D eigenvalue weighted by molar-refractivity contribution is 6.29. The van der Waals surface area contributed by atoms with E-state index in [4.69, 9.17) is 11.6 Å². The summed E-state index contributed by atoms with van der Waals surface area (Å²) in [4.78, 5) is 8.29. The second kappa shape index (κ2) is 6.37. The van der Waals surface area contributed by atoms with E-state index in [2.05, 4.69) is 20.4 Å². The molecule has 0 aliphatic heterocycles. The molecule has 0 radical (unpaired) electrons. The Bertz CT molecular complexity index is 697. The van der Waals surface area contributed by atoms with Crippen LogP contribution >= 0.6 is 11.6 Å². The van der Waals surface area contributed by atoms with Crippen molar-refractivity contribution < 1.29 is 0 Å². The average Bonchev–Trinajstić information content (AvgIpc) is 3.02. The van der Waals surface area contributed by atoms with Gasteiger partial charge in [0.25, 0.3) is 0 Å². The highest BCUT2D eigenvalue weighted by Crippen LogP contribution is 2.27. The molecule has 3 aromatic rings. The van der Waals surface area contributed by atoms with Crippen LogP contribution in [0.3, 0.4) is 0 Å². The lowest BCUT2D eigenvalue weighted by molar-refractivity contribution is 0.635. The molecular formula is C15H14ClN5. The van der Waals surface area contributed by atoms with Gasteiger partial charge >= 0.3 is 0 Å². The molecule has 1 N–H and O–H groups in total. The van der Waals surface area contributed by atoms with Crippen molar-refractivity contribution in [1.29, 1.82) is 0 Å². The zero-order valence-electron chi connectivity index (χ0n) is 11.3. The fourth-order valence-corrected chi connectivity index (χ4v) is 2.21. The number of benzene rings is 1. The second-order valence-electron chi connectivity index (χ2n) is 4.48. The average molecular weight is 300 g/mol. The molecule has 3 rings (SSSR count). The van der Waals surface area contributed by atoms with Gasteiger partial charge in [-0.15, -0.1) is 0 Å². The monoisotopic (exact) mass is 299 g/mol. The van der Waals surface area contributed by atoms with Crippen molar-refractivity contribution in [3.05, 3.63) is 60.3 Å². The van der Waals surface area contributed by atoms with Gasteiger partial charge < -0.3 is 5.32 Å². The molecular weight excluding hydrogens is 286 g/mol. The molecule has 106 valence electrons. The molecule has 0 spiro atoms. The van der Waals surface area contributed by atoms with Gasteiger partial charge in [-0.2, -0.15) is 5.10 Å². The highest BCUT2D eigenvalue weighted by atomic mass is 35.5. The first-order valence-corrected chi connectivity index (χ1v) is 6.99. The largest absolute Gasteiger partial charge is 0.368 e. The number of nitrogens with zero attached hydrogens (tertiary/aromatic N) is 4. The molecule has 0 atom stereocenters. The van der Waals surface area contributed by atoms with Gasteiger partial charge in [-0.3, -0.25) is 4.68 Å². The Morgan fingerprint density at radius 1 is 1.10 bits per heavy atom. The zero-order chi connectivity index (χ0) is 14.5. The highest BCUT2D eigenvalue weighted by Gasteiger charge is 2.07. The van der Waals surface area contributed by atoms with E-state index in [0.29, 0.717) is 18.2 Å². The van der Waals surface area contributed by atoms with Gasteiger partial charge in [-0.05, 0) is 17.7 Å². The smallest absolute Gasteiger partial charge is 0.137 e. The van der Waals surface area contributed by atoms with E-state index < -0.39 is 0 Å². The fourth-order valence-electron chi connectivity index (χ4n) is 2.06. The first-order chi connectivity index (χ1) is 10.3. The minimum atomic E-state index is 0.470. The topological polar surface area (TPSA) is 55.6 Å². The van der Waals surface area contributed by atoms with Crippen molar-refractivity contribution in [1.82, 2.24) is 19.7 Å². The number of rotatable bonds is 5. The molecule has 21 heavy (non-hydrogen) atoms. The molecule has 0 aliphatic rings. The lowest BCUT2D eigenvalue weighted by Gasteiger charge is -2.11. The van der Waals surface area contributed by atoms with E-state index >= 15 is 0 Å². The van der Waals surface area contributed by atoms with E-state index in [9.17, 15) is 0 Å². The Hall–Kier alpha value is -2.40. The van der Waals surface area contributed by atoms with Crippen molar-refractivity contribution in [3.63, 3.8) is 0 Å². The molecule has 2 heterocycles. The van der Waals surface area contributed by atoms with Gasteiger partial charge in [-0.25, -0.2) is 9.97 Å². The van der Waals surface area contributed by atoms with Crippen LogP contribution in [0.4, 0.5) is 5.82 Å². The van der Waals surface area contributed by atoms with Crippen molar-refractivity contribution >= 4 is 17.4 Å². The summed E-state index contributed by atoms with van der Waals surface area (Å²) in [7, 11) is 0. The minimum Gasteiger partial charge on any atom is -0.368 e. The molecule has 2 aromatic heterocycles. The van der Waals surface area contributed by atoms with E-state index in [1.165, 1.54) is 6.33 Å². The van der Waals surface area contributed by atoms with Gasteiger partial charge in [0.05, 0.1) is 6.54 Å². The Kier molecular flexibility index (Phi) is 4.12. The first kappa shape index (κ1) is 13.6. The quantitative estimate of drug-likeness (QED) is 0.736. The molecule has 0 fully saturated rings. The van der Waals surface area contributed by atoms with Gasteiger partial charge in [-0.1, -0.05) is 41.9 Å². The summed E-state index contributed by atoms with van der Waals surface area (Å²) in [5, 5.41) is 7.84. The van der Waals surface area contributed by atoms with Crippen LogP contribution in [0.15, 0.2) is 55.1 Å². The summed E-state index contributed by atoms with van der Waals surface area (Å²) in [5.74, 6) is 0.772. The predicted octanol–water partition coefficient (Wildman–Crippen LogP) is 3.11. The maximum Gasteiger partial charge on any atom is 0.137 e. The second-order valence-corrected chi connectivity index (χ2v) is 4.87. The molecule has 0 unspecified atom stereocenters. The number of anilines is 1. The summed E-state index contributed by atoms with van der Waals surface area (Å²) in [6, 6.07) is 13.9. The standard InChI is InChI=1S/C15H14ClN5/c16-14-7-6-13(12-4-2-1-3-5-12)15(20-14)18-8-9-21-11-17-10-19-21/h1-7,10-11H,8-9H2,(H,18,20). The van der Waals surface area contributed by atoms with Gasteiger partial charge in [0.2, 0.25) is 0 Å². The minimum absolute atomic E-state index is 0.470. The normalized spacial score (nSPS) is 10.5. The number of nitrogens with one attached hydrogen (secondary N) is 1. The van der Waals surface area contributed by atoms with Crippen LogP contribution in [0.25, 0.3) is 11.1 Å². The van der Waals surface area contributed by atoms with E-state index in [1.54, 1.807) is 17.1 Å². The number of hydrogen-bond donors (Lipinski definition) is 1. The first-order valence-electron chi connectivity index (χ1n) is 6.61. The van der Waals surface area contributed by atoms with Crippen molar-refractivity contribution in [2.45, 2.75) is 6.54 Å². The Morgan fingerprint density at radius 3 is 2.71 bits per heavy atom. The number of aromatic nitrogens is 4. The lowest BCUT2D eigenvalue weighted by atomic mass is 10.1. The van der Waals surface area contributed by atoms with Crippen LogP contribution in [0.2, 0.25) is 5.15 Å². The van der Waals surface area contributed by atoms with Crippen LogP contribution in [-0.4, -0.2) is 26.3 Å².